The van der Waals surface area contributed by atoms with Crippen LogP contribution < -0.4 is 5.32 Å². The summed E-state index contributed by atoms with van der Waals surface area (Å²) in [6.07, 6.45) is 2.30. The summed E-state index contributed by atoms with van der Waals surface area (Å²) in [4.78, 5) is 2.29. The molecule has 0 aliphatic rings. The molecule has 0 heterocycles. The first-order chi connectivity index (χ1) is 9.05. The fraction of sp³-hybridized carbons (Fsp3) is 0.625. The number of rotatable bonds is 8. The van der Waals surface area contributed by atoms with Crippen LogP contribution in [0.5, 0.6) is 0 Å². The van der Waals surface area contributed by atoms with E-state index in [-0.39, 0.29) is 5.82 Å². The number of nitrogens with one attached hydrogen (secondary N) is 1. The SMILES string of the molecule is CCC(CC)(CNC)CN(C)Cc1cccc(F)c1. The molecule has 0 aliphatic heterocycles. The molecule has 0 spiro atoms. The summed E-state index contributed by atoms with van der Waals surface area (Å²) in [7, 11) is 4.12. The fourth-order valence-electron chi connectivity index (χ4n) is 2.73. The average molecular weight is 266 g/mol. The van der Waals surface area contributed by atoms with Gasteiger partial charge < -0.3 is 10.2 Å². The molecule has 0 saturated heterocycles. The van der Waals surface area contributed by atoms with Crippen LogP contribution in [0.25, 0.3) is 0 Å². The van der Waals surface area contributed by atoms with E-state index >= 15 is 0 Å². The predicted octanol–water partition coefficient (Wildman–Crippen LogP) is 3.28. The van der Waals surface area contributed by atoms with Crippen LogP contribution in [0.15, 0.2) is 24.3 Å². The van der Waals surface area contributed by atoms with Crippen molar-refractivity contribution in [3.05, 3.63) is 35.6 Å². The smallest absolute Gasteiger partial charge is 0.123 e. The van der Waals surface area contributed by atoms with Gasteiger partial charge in [0.1, 0.15) is 5.82 Å². The minimum Gasteiger partial charge on any atom is -0.319 e. The second-order valence-electron chi connectivity index (χ2n) is 5.54. The van der Waals surface area contributed by atoms with Gasteiger partial charge in [-0.1, -0.05) is 26.0 Å². The molecule has 1 N–H and O–H groups in total. The molecule has 2 nitrogen and oxygen atoms in total. The van der Waals surface area contributed by atoms with Crippen LogP contribution in [0.3, 0.4) is 0 Å². The maximum atomic E-state index is 13.2. The molecule has 0 fully saturated rings. The van der Waals surface area contributed by atoms with Crippen molar-refractivity contribution in [2.75, 3.05) is 27.2 Å². The van der Waals surface area contributed by atoms with Crippen molar-refractivity contribution in [3.63, 3.8) is 0 Å². The van der Waals surface area contributed by atoms with Gasteiger partial charge in [0, 0.05) is 19.6 Å². The maximum Gasteiger partial charge on any atom is 0.123 e. The Morgan fingerprint density at radius 3 is 2.47 bits per heavy atom. The highest BCUT2D eigenvalue weighted by molar-refractivity contribution is 5.16. The Morgan fingerprint density at radius 1 is 1.26 bits per heavy atom. The third kappa shape index (κ3) is 4.92. The van der Waals surface area contributed by atoms with Crippen molar-refractivity contribution in [1.29, 1.82) is 0 Å². The normalized spacial score (nSPS) is 12.1. The fourth-order valence-corrected chi connectivity index (χ4v) is 2.73. The topological polar surface area (TPSA) is 15.3 Å². The summed E-state index contributed by atoms with van der Waals surface area (Å²) in [6.45, 7) is 7.34. The summed E-state index contributed by atoms with van der Waals surface area (Å²) >= 11 is 0. The first-order valence-electron chi connectivity index (χ1n) is 7.13. The lowest BCUT2D eigenvalue weighted by atomic mass is 9.81. The summed E-state index contributed by atoms with van der Waals surface area (Å²) in [6, 6.07) is 6.87. The van der Waals surface area contributed by atoms with Gasteiger partial charge in [-0.05, 0) is 50.0 Å². The Hall–Kier alpha value is -0.930. The molecule has 3 heteroatoms. The lowest BCUT2D eigenvalue weighted by molar-refractivity contribution is 0.153. The van der Waals surface area contributed by atoms with Gasteiger partial charge in [-0.3, -0.25) is 0 Å². The Morgan fingerprint density at radius 2 is 1.95 bits per heavy atom. The van der Waals surface area contributed by atoms with Gasteiger partial charge in [0.15, 0.2) is 0 Å². The van der Waals surface area contributed by atoms with Crippen LogP contribution >= 0.6 is 0 Å². The van der Waals surface area contributed by atoms with E-state index in [1.54, 1.807) is 12.1 Å². The van der Waals surface area contributed by atoms with Gasteiger partial charge in [0.2, 0.25) is 0 Å². The van der Waals surface area contributed by atoms with E-state index in [0.717, 1.165) is 38.0 Å². The van der Waals surface area contributed by atoms with E-state index in [4.69, 9.17) is 0 Å². The molecule has 0 aromatic heterocycles. The average Bonchev–Trinajstić information content (AvgIpc) is 2.38. The predicted molar refractivity (Wildman–Crippen MR) is 79.7 cm³/mol. The van der Waals surface area contributed by atoms with Crippen molar-refractivity contribution in [2.24, 2.45) is 5.41 Å². The van der Waals surface area contributed by atoms with Gasteiger partial charge in [0.05, 0.1) is 0 Å². The molecule has 1 aromatic rings. The number of hydrogen-bond acceptors (Lipinski definition) is 2. The highest BCUT2D eigenvalue weighted by Gasteiger charge is 2.26. The molecule has 0 radical (unpaired) electrons. The first-order valence-corrected chi connectivity index (χ1v) is 7.13. The van der Waals surface area contributed by atoms with Gasteiger partial charge >= 0.3 is 0 Å². The van der Waals surface area contributed by atoms with Crippen molar-refractivity contribution in [1.82, 2.24) is 10.2 Å². The molecule has 0 unspecified atom stereocenters. The zero-order valence-corrected chi connectivity index (χ0v) is 12.7. The molecule has 19 heavy (non-hydrogen) atoms. The van der Waals surface area contributed by atoms with Gasteiger partial charge in [-0.2, -0.15) is 0 Å². The maximum absolute atomic E-state index is 13.2. The van der Waals surface area contributed by atoms with Gasteiger partial charge in [-0.25, -0.2) is 4.39 Å². The molecule has 0 bridgehead atoms. The van der Waals surface area contributed by atoms with Crippen LogP contribution in [0.2, 0.25) is 0 Å². The number of benzene rings is 1. The van der Waals surface area contributed by atoms with Crippen molar-refractivity contribution in [2.45, 2.75) is 33.2 Å². The minimum atomic E-state index is -0.154. The molecule has 1 aromatic carbocycles. The quantitative estimate of drug-likeness (QED) is 0.777. The molecule has 1 rings (SSSR count). The lowest BCUT2D eigenvalue weighted by Gasteiger charge is -2.35. The Labute approximate surface area is 117 Å². The van der Waals surface area contributed by atoms with Crippen LogP contribution in [0.1, 0.15) is 32.3 Å². The summed E-state index contributed by atoms with van der Waals surface area (Å²) in [5.74, 6) is -0.154. The van der Waals surface area contributed by atoms with E-state index in [2.05, 4.69) is 31.1 Å². The van der Waals surface area contributed by atoms with Crippen LogP contribution in [0.4, 0.5) is 4.39 Å². The van der Waals surface area contributed by atoms with E-state index < -0.39 is 0 Å². The van der Waals surface area contributed by atoms with Crippen LogP contribution in [-0.4, -0.2) is 32.1 Å². The molecule has 0 atom stereocenters. The molecular formula is C16H27FN2. The zero-order chi connectivity index (χ0) is 14.3. The monoisotopic (exact) mass is 266 g/mol. The Bertz CT molecular complexity index is 375. The number of halogens is 1. The largest absolute Gasteiger partial charge is 0.319 e. The second kappa shape index (κ2) is 7.61. The van der Waals surface area contributed by atoms with E-state index in [1.165, 1.54) is 6.07 Å². The van der Waals surface area contributed by atoms with Crippen molar-refractivity contribution >= 4 is 0 Å². The van der Waals surface area contributed by atoms with Crippen molar-refractivity contribution < 1.29 is 4.39 Å². The summed E-state index contributed by atoms with van der Waals surface area (Å²) < 4.78 is 13.2. The van der Waals surface area contributed by atoms with Crippen LogP contribution in [-0.2, 0) is 6.54 Å². The molecule has 108 valence electrons. The second-order valence-corrected chi connectivity index (χ2v) is 5.54. The first kappa shape index (κ1) is 16.1. The lowest BCUT2D eigenvalue weighted by Crippen LogP contribution is -2.41. The Balaban J connectivity index is 2.64. The molecule has 0 saturated carbocycles. The summed E-state index contributed by atoms with van der Waals surface area (Å²) in [5.41, 5.74) is 1.34. The van der Waals surface area contributed by atoms with Crippen molar-refractivity contribution in [3.8, 4) is 0 Å². The number of nitrogens with zero attached hydrogens (tertiary/aromatic N) is 1. The number of hydrogen-bond donors (Lipinski definition) is 1. The zero-order valence-electron chi connectivity index (χ0n) is 12.7. The van der Waals surface area contributed by atoms with Gasteiger partial charge in [-0.15, -0.1) is 0 Å². The van der Waals surface area contributed by atoms with Gasteiger partial charge in [0.25, 0.3) is 0 Å². The highest BCUT2D eigenvalue weighted by atomic mass is 19.1. The van der Waals surface area contributed by atoms with E-state index in [9.17, 15) is 4.39 Å². The minimum absolute atomic E-state index is 0.154. The van der Waals surface area contributed by atoms with Crippen LogP contribution in [0, 0.1) is 11.2 Å². The molecular weight excluding hydrogens is 239 g/mol. The Kier molecular flexibility index (Phi) is 6.46. The van der Waals surface area contributed by atoms with E-state index in [0.29, 0.717) is 5.41 Å². The molecule has 0 aliphatic carbocycles. The standard InChI is InChI=1S/C16H27FN2/c1-5-16(6-2,12-18-3)13-19(4)11-14-8-7-9-15(17)10-14/h7-10,18H,5-6,11-13H2,1-4H3. The highest BCUT2D eigenvalue weighted by Crippen LogP contribution is 2.27. The van der Waals surface area contributed by atoms with E-state index in [1.807, 2.05) is 13.1 Å². The third-order valence-electron chi connectivity index (χ3n) is 4.00. The molecule has 0 amide bonds. The third-order valence-corrected chi connectivity index (χ3v) is 4.00. The summed E-state index contributed by atoms with van der Waals surface area (Å²) in [5, 5.41) is 3.30.